The van der Waals surface area contributed by atoms with E-state index in [1.165, 1.54) is 25.7 Å². The van der Waals surface area contributed by atoms with Gasteiger partial charge in [-0.05, 0) is 44.9 Å². The lowest BCUT2D eigenvalue weighted by Gasteiger charge is -2.63. The van der Waals surface area contributed by atoms with Crippen molar-refractivity contribution in [3.8, 4) is 0 Å². The Hall–Kier alpha value is -1.30. The molecular weight excluding hydrogens is 352 g/mol. The van der Waals surface area contributed by atoms with Crippen molar-refractivity contribution >= 4 is 11.9 Å². The van der Waals surface area contributed by atoms with Crippen molar-refractivity contribution < 1.29 is 9.53 Å². The summed E-state index contributed by atoms with van der Waals surface area (Å²) in [6, 6.07) is 0.904. The van der Waals surface area contributed by atoms with E-state index in [1.54, 1.807) is 0 Å². The molecule has 0 aromatic rings. The van der Waals surface area contributed by atoms with Gasteiger partial charge < -0.3 is 20.3 Å². The maximum absolute atomic E-state index is 12.6. The van der Waals surface area contributed by atoms with Gasteiger partial charge in [-0.15, -0.1) is 0 Å². The Balaban J connectivity index is 1.28. The van der Waals surface area contributed by atoms with Crippen molar-refractivity contribution in [1.29, 1.82) is 0 Å². The van der Waals surface area contributed by atoms with E-state index in [0.29, 0.717) is 35.4 Å². The molecule has 3 unspecified atom stereocenters. The van der Waals surface area contributed by atoms with E-state index < -0.39 is 0 Å². The summed E-state index contributed by atoms with van der Waals surface area (Å²) in [5, 5.41) is 7.41. The summed E-state index contributed by atoms with van der Waals surface area (Å²) in [7, 11) is 1.87. The van der Waals surface area contributed by atoms with Gasteiger partial charge in [0.25, 0.3) is 0 Å². The van der Waals surface area contributed by atoms with Gasteiger partial charge in [-0.2, -0.15) is 0 Å². The van der Waals surface area contributed by atoms with Crippen molar-refractivity contribution in [2.24, 2.45) is 22.2 Å². The molecule has 4 fully saturated rings. The SMILES string of the molecule is CCC(CC)C(=O)N1CCC(NC(=NC)NC2C3CCOC3C23CCC3)CC1. The number of piperidine rings is 1. The van der Waals surface area contributed by atoms with Crippen LogP contribution in [-0.4, -0.2) is 61.7 Å². The summed E-state index contributed by atoms with van der Waals surface area (Å²) in [6.07, 6.45) is 9.46. The number of fused-ring (bicyclic) bond motifs is 2. The fraction of sp³-hybridized carbons (Fsp3) is 0.909. The molecule has 2 aliphatic carbocycles. The number of ether oxygens (including phenoxy) is 1. The maximum atomic E-state index is 12.6. The summed E-state index contributed by atoms with van der Waals surface area (Å²) >= 11 is 0. The number of rotatable bonds is 5. The summed E-state index contributed by atoms with van der Waals surface area (Å²) in [5.41, 5.74) is 0.365. The quantitative estimate of drug-likeness (QED) is 0.559. The highest BCUT2D eigenvalue weighted by Gasteiger charge is 2.66. The van der Waals surface area contributed by atoms with E-state index in [4.69, 9.17) is 4.74 Å². The molecule has 2 N–H and O–H groups in total. The summed E-state index contributed by atoms with van der Waals surface area (Å²) < 4.78 is 6.04. The molecule has 2 saturated heterocycles. The second kappa shape index (κ2) is 8.21. The van der Waals surface area contributed by atoms with Gasteiger partial charge in [0, 0.05) is 56.1 Å². The Morgan fingerprint density at radius 2 is 1.89 bits per heavy atom. The van der Waals surface area contributed by atoms with Gasteiger partial charge in [-0.1, -0.05) is 20.3 Å². The summed E-state index contributed by atoms with van der Waals surface area (Å²) in [6.45, 7) is 6.87. The molecule has 0 aromatic carbocycles. The zero-order valence-electron chi connectivity index (χ0n) is 17.9. The smallest absolute Gasteiger partial charge is 0.225 e. The number of hydrogen-bond acceptors (Lipinski definition) is 3. The molecule has 4 aliphatic rings. The van der Waals surface area contributed by atoms with Gasteiger partial charge in [-0.25, -0.2) is 0 Å². The lowest BCUT2D eigenvalue weighted by molar-refractivity contribution is -0.171. The molecular formula is C22H38N4O2. The molecule has 3 atom stereocenters. The van der Waals surface area contributed by atoms with Gasteiger partial charge in [0.1, 0.15) is 0 Å². The number of amides is 1. The molecule has 1 amide bonds. The van der Waals surface area contributed by atoms with Crippen LogP contribution in [0.3, 0.4) is 0 Å². The highest BCUT2D eigenvalue weighted by Crippen LogP contribution is 2.62. The van der Waals surface area contributed by atoms with Gasteiger partial charge in [0.05, 0.1) is 6.10 Å². The molecule has 1 spiro atoms. The van der Waals surface area contributed by atoms with E-state index in [9.17, 15) is 4.79 Å². The van der Waals surface area contributed by atoms with E-state index in [2.05, 4.69) is 34.4 Å². The average molecular weight is 391 g/mol. The normalized spacial score (nSPS) is 32.1. The third-order valence-electron chi connectivity index (χ3n) is 8.03. The lowest BCUT2D eigenvalue weighted by atomic mass is 9.46. The molecule has 4 rings (SSSR count). The molecule has 2 heterocycles. The van der Waals surface area contributed by atoms with Crippen molar-refractivity contribution in [2.45, 2.75) is 83.4 Å². The minimum absolute atomic E-state index is 0.192. The van der Waals surface area contributed by atoms with Gasteiger partial charge in [0.2, 0.25) is 5.91 Å². The highest BCUT2D eigenvalue weighted by atomic mass is 16.5. The Morgan fingerprint density at radius 1 is 1.18 bits per heavy atom. The fourth-order valence-corrected chi connectivity index (χ4v) is 6.11. The van der Waals surface area contributed by atoms with Crippen LogP contribution in [0.1, 0.15) is 65.2 Å². The van der Waals surface area contributed by atoms with E-state index in [0.717, 1.165) is 51.3 Å². The third-order valence-corrected chi connectivity index (χ3v) is 8.03. The minimum Gasteiger partial charge on any atom is -0.377 e. The zero-order valence-corrected chi connectivity index (χ0v) is 17.9. The molecule has 0 aromatic heterocycles. The van der Waals surface area contributed by atoms with Crippen molar-refractivity contribution in [3.63, 3.8) is 0 Å². The zero-order chi connectivity index (χ0) is 19.7. The van der Waals surface area contributed by atoms with E-state index >= 15 is 0 Å². The van der Waals surface area contributed by atoms with Crippen LogP contribution < -0.4 is 10.6 Å². The van der Waals surface area contributed by atoms with E-state index in [-0.39, 0.29) is 5.92 Å². The number of carbonyl (C=O) groups excluding carboxylic acids is 1. The first-order chi connectivity index (χ1) is 13.6. The summed E-state index contributed by atoms with van der Waals surface area (Å²) in [5.74, 6) is 2.13. The van der Waals surface area contributed by atoms with Crippen LogP contribution in [0.4, 0.5) is 0 Å². The third kappa shape index (κ3) is 3.31. The van der Waals surface area contributed by atoms with Gasteiger partial charge in [0.15, 0.2) is 5.96 Å². The standard InChI is InChI=1S/C22H38N4O2/c1-4-15(5-2)20(27)26-12-7-16(8-13-26)24-21(23-3)25-18-17-9-14-28-19(17)22(18)10-6-11-22/h15-19H,4-14H2,1-3H3,(H2,23,24,25). The summed E-state index contributed by atoms with van der Waals surface area (Å²) in [4.78, 5) is 19.2. The monoisotopic (exact) mass is 390 g/mol. The lowest BCUT2D eigenvalue weighted by Crippen LogP contribution is -2.72. The maximum Gasteiger partial charge on any atom is 0.225 e. The van der Waals surface area contributed by atoms with Crippen LogP contribution >= 0.6 is 0 Å². The van der Waals surface area contributed by atoms with Gasteiger partial charge in [-0.3, -0.25) is 9.79 Å². The molecule has 0 bridgehead atoms. The second-order valence-electron chi connectivity index (χ2n) is 9.28. The molecule has 6 nitrogen and oxygen atoms in total. The first-order valence-corrected chi connectivity index (χ1v) is 11.5. The second-order valence-corrected chi connectivity index (χ2v) is 9.28. The first-order valence-electron chi connectivity index (χ1n) is 11.5. The van der Waals surface area contributed by atoms with Crippen LogP contribution in [-0.2, 0) is 9.53 Å². The van der Waals surface area contributed by atoms with Crippen LogP contribution in [0.25, 0.3) is 0 Å². The number of likely N-dealkylation sites (tertiary alicyclic amines) is 1. The molecule has 2 aliphatic heterocycles. The molecule has 2 saturated carbocycles. The van der Waals surface area contributed by atoms with Gasteiger partial charge >= 0.3 is 0 Å². The van der Waals surface area contributed by atoms with Crippen molar-refractivity contribution in [3.05, 3.63) is 0 Å². The number of nitrogens with one attached hydrogen (secondary N) is 2. The van der Waals surface area contributed by atoms with Crippen molar-refractivity contribution in [2.75, 3.05) is 26.7 Å². The first kappa shape index (κ1) is 20.0. The number of hydrogen-bond donors (Lipinski definition) is 2. The molecule has 28 heavy (non-hydrogen) atoms. The number of nitrogens with zero attached hydrogens (tertiary/aromatic N) is 2. The fourth-order valence-electron chi connectivity index (χ4n) is 6.11. The van der Waals surface area contributed by atoms with Crippen LogP contribution in [0.2, 0.25) is 0 Å². The molecule has 6 heteroatoms. The molecule has 0 radical (unpaired) electrons. The Kier molecular flexibility index (Phi) is 5.86. The Morgan fingerprint density at radius 3 is 2.46 bits per heavy atom. The van der Waals surface area contributed by atoms with Crippen LogP contribution in [0, 0.1) is 17.3 Å². The van der Waals surface area contributed by atoms with Crippen molar-refractivity contribution in [1.82, 2.24) is 15.5 Å². The number of aliphatic imine (C=N–C) groups is 1. The Labute approximate surface area is 169 Å². The predicted octanol–water partition coefficient (Wildman–Crippen LogP) is 2.54. The van der Waals surface area contributed by atoms with E-state index in [1.807, 2.05) is 7.05 Å². The van der Waals surface area contributed by atoms with Crippen LogP contribution in [0.5, 0.6) is 0 Å². The minimum atomic E-state index is 0.192. The number of carbonyl (C=O) groups is 1. The predicted molar refractivity (Wildman–Crippen MR) is 111 cm³/mol. The largest absolute Gasteiger partial charge is 0.377 e. The molecule has 158 valence electrons. The average Bonchev–Trinajstić information content (AvgIpc) is 3.10. The van der Waals surface area contributed by atoms with Crippen LogP contribution in [0.15, 0.2) is 4.99 Å². The Bertz CT molecular complexity index is 591. The topological polar surface area (TPSA) is 66.0 Å². The highest BCUT2D eigenvalue weighted by molar-refractivity contribution is 5.81. The number of guanidine groups is 1.